The van der Waals surface area contributed by atoms with Crippen LogP contribution in [0.1, 0.15) is 17.2 Å². The third-order valence-electron chi connectivity index (χ3n) is 3.67. The predicted octanol–water partition coefficient (Wildman–Crippen LogP) is 2.36. The van der Waals surface area contributed by atoms with Crippen LogP contribution in [0.2, 0.25) is 0 Å². The van der Waals surface area contributed by atoms with Crippen LogP contribution in [-0.4, -0.2) is 38.1 Å². The van der Waals surface area contributed by atoms with E-state index in [1.807, 2.05) is 50.5 Å². The molecule has 0 aromatic heterocycles. The Morgan fingerprint density at radius 1 is 1.17 bits per heavy atom. The number of carbonyl (C=O) groups is 1. The zero-order chi connectivity index (χ0) is 17.4. The molecule has 0 radical (unpaired) electrons. The third kappa shape index (κ3) is 4.83. The van der Waals surface area contributed by atoms with Gasteiger partial charge in [-0.1, -0.05) is 42.5 Å². The lowest BCUT2D eigenvalue weighted by Crippen LogP contribution is -2.36. The van der Waals surface area contributed by atoms with Gasteiger partial charge in [-0.15, -0.1) is 0 Å². The topological polar surface area (TPSA) is 65.4 Å². The average Bonchev–Trinajstić information content (AvgIpc) is 2.61. The van der Waals surface area contributed by atoms with Crippen molar-refractivity contribution in [2.75, 3.05) is 27.2 Å². The highest BCUT2D eigenvalue weighted by Crippen LogP contribution is 2.17. The minimum Gasteiger partial charge on any atom is -0.482 e. The van der Waals surface area contributed by atoms with Crippen LogP contribution in [-0.2, 0) is 4.79 Å². The van der Waals surface area contributed by atoms with Crippen molar-refractivity contribution in [1.29, 1.82) is 5.26 Å². The molecule has 0 fully saturated rings. The van der Waals surface area contributed by atoms with Crippen molar-refractivity contribution >= 4 is 5.91 Å². The predicted molar refractivity (Wildman–Crippen MR) is 92.5 cm³/mol. The van der Waals surface area contributed by atoms with E-state index in [4.69, 9.17) is 10.00 Å². The Labute approximate surface area is 142 Å². The van der Waals surface area contributed by atoms with Crippen molar-refractivity contribution in [1.82, 2.24) is 10.2 Å². The maximum atomic E-state index is 12.0. The SMILES string of the molecule is CN(C)C(CNC(=O)COc1ccccc1C#N)c1ccccc1. The summed E-state index contributed by atoms with van der Waals surface area (Å²) in [5.41, 5.74) is 1.55. The monoisotopic (exact) mass is 323 g/mol. The van der Waals surface area contributed by atoms with Gasteiger partial charge in [-0.2, -0.15) is 5.26 Å². The first-order valence-corrected chi connectivity index (χ1v) is 7.72. The molecule has 5 nitrogen and oxygen atoms in total. The van der Waals surface area contributed by atoms with Crippen molar-refractivity contribution in [3.05, 3.63) is 65.7 Å². The minimum absolute atomic E-state index is 0.0848. The summed E-state index contributed by atoms with van der Waals surface area (Å²) >= 11 is 0. The van der Waals surface area contributed by atoms with Crippen molar-refractivity contribution in [3.8, 4) is 11.8 Å². The van der Waals surface area contributed by atoms with Gasteiger partial charge in [0, 0.05) is 6.54 Å². The van der Waals surface area contributed by atoms with Crippen molar-refractivity contribution < 1.29 is 9.53 Å². The van der Waals surface area contributed by atoms with Crippen molar-refractivity contribution in [2.45, 2.75) is 6.04 Å². The Balaban J connectivity index is 1.89. The van der Waals surface area contributed by atoms with E-state index in [1.54, 1.807) is 24.3 Å². The van der Waals surface area contributed by atoms with Crippen LogP contribution in [0.25, 0.3) is 0 Å². The Morgan fingerprint density at radius 3 is 2.50 bits per heavy atom. The molecule has 2 aromatic carbocycles. The molecule has 24 heavy (non-hydrogen) atoms. The quantitative estimate of drug-likeness (QED) is 0.849. The summed E-state index contributed by atoms with van der Waals surface area (Å²) in [6.45, 7) is 0.368. The fourth-order valence-electron chi connectivity index (χ4n) is 2.36. The number of hydrogen-bond donors (Lipinski definition) is 1. The van der Waals surface area contributed by atoms with Gasteiger partial charge in [0.25, 0.3) is 5.91 Å². The molecule has 0 saturated carbocycles. The van der Waals surface area contributed by atoms with Gasteiger partial charge in [-0.3, -0.25) is 4.79 Å². The van der Waals surface area contributed by atoms with Crippen LogP contribution in [0.5, 0.6) is 5.75 Å². The zero-order valence-corrected chi connectivity index (χ0v) is 13.9. The number of para-hydroxylation sites is 1. The normalized spacial score (nSPS) is 11.6. The number of ether oxygens (including phenoxy) is 1. The molecule has 0 heterocycles. The molecule has 0 aliphatic rings. The standard InChI is InChI=1S/C19H21N3O2/c1-22(2)17(15-8-4-3-5-9-15)13-21-19(23)14-24-18-11-7-6-10-16(18)12-20/h3-11,17H,13-14H2,1-2H3,(H,21,23). The lowest BCUT2D eigenvalue weighted by atomic mass is 10.1. The number of amides is 1. The van der Waals surface area contributed by atoms with E-state index in [0.717, 1.165) is 5.56 Å². The number of nitrogens with zero attached hydrogens (tertiary/aromatic N) is 2. The molecular formula is C19H21N3O2. The van der Waals surface area contributed by atoms with Gasteiger partial charge >= 0.3 is 0 Å². The lowest BCUT2D eigenvalue weighted by molar-refractivity contribution is -0.123. The molecule has 2 rings (SSSR count). The van der Waals surface area contributed by atoms with Crippen molar-refractivity contribution in [2.24, 2.45) is 0 Å². The Bertz CT molecular complexity index is 708. The fourth-order valence-corrected chi connectivity index (χ4v) is 2.36. The van der Waals surface area contributed by atoms with Gasteiger partial charge < -0.3 is 15.0 Å². The molecule has 0 bridgehead atoms. The highest BCUT2D eigenvalue weighted by Gasteiger charge is 2.15. The summed E-state index contributed by atoms with van der Waals surface area (Å²) in [6, 6.07) is 19.0. The van der Waals surface area contributed by atoms with Gasteiger partial charge in [0.05, 0.1) is 11.6 Å². The van der Waals surface area contributed by atoms with E-state index < -0.39 is 0 Å². The van der Waals surface area contributed by atoms with Crippen LogP contribution >= 0.6 is 0 Å². The molecule has 2 aromatic rings. The first kappa shape index (κ1) is 17.5. The molecule has 1 amide bonds. The Morgan fingerprint density at radius 2 is 1.83 bits per heavy atom. The number of carbonyl (C=O) groups excluding carboxylic acids is 1. The molecule has 124 valence electrons. The molecule has 0 saturated heterocycles. The van der Waals surface area contributed by atoms with E-state index in [9.17, 15) is 4.79 Å². The second kappa shape index (κ2) is 8.70. The van der Waals surface area contributed by atoms with Crippen LogP contribution in [0.15, 0.2) is 54.6 Å². The number of likely N-dealkylation sites (N-methyl/N-ethyl adjacent to an activating group) is 1. The van der Waals surface area contributed by atoms with E-state index in [1.165, 1.54) is 0 Å². The summed E-state index contributed by atoms with van der Waals surface area (Å²) in [5.74, 6) is 0.202. The Kier molecular flexibility index (Phi) is 6.35. The third-order valence-corrected chi connectivity index (χ3v) is 3.67. The van der Waals surface area contributed by atoms with E-state index >= 15 is 0 Å². The first-order chi connectivity index (χ1) is 11.6. The second-order valence-electron chi connectivity index (χ2n) is 5.59. The van der Waals surface area contributed by atoms with Crippen LogP contribution in [0.3, 0.4) is 0 Å². The number of hydrogen-bond acceptors (Lipinski definition) is 4. The summed E-state index contributed by atoms with van der Waals surface area (Å²) in [5, 5.41) is 11.9. The smallest absolute Gasteiger partial charge is 0.258 e. The van der Waals surface area contributed by atoms with Gasteiger partial charge in [-0.05, 0) is 31.8 Å². The molecule has 1 unspecified atom stereocenters. The lowest BCUT2D eigenvalue weighted by Gasteiger charge is -2.25. The number of nitrogens with one attached hydrogen (secondary N) is 1. The second-order valence-corrected chi connectivity index (χ2v) is 5.59. The van der Waals surface area contributed by atoms with Crippen LogP contribution in [0, 0.1) is 11.3 Å². The van der Waals surface area contributed by atoms with Gasteiger partial charge in [0.2, 0.25) is 0 Å². The highest BCUT2D eigenvalue weighted by atomic mass is 16.5. The zero-order valence-electron chi connectivity index (χ0n) is 13.9. The molecule has 1 atom stereocenters. The minimum atomic E-state index is -0.217. The van der Waals surface area contributed by atoms with Gasteiger partial charge in [-0.25, -0.2) is 0 Å². The number of rotatable bonds is 7. The number of benzene rings is 2. The molecule has 5 heteroatoms. The van der Waals surface area contributed by atoms with E-state index in [0.29, 0.717) is 17.9 Å². The average molecular weight is 323 g/mol. The van der Waals surface area contributed by atoms with Crippen LogP contribution in [0.4, 0.5) is 0 Å². The Hall–Kier alpha value is -2.84. The first-order valence-electron chi connectivity index (χ1n) is 7.72. The molecular weight excluding hydrogens is 302 g/mol. The maximum Gasteiger partial charge on any atom is 0.258 e. The molecule has 0 spiro atoms. The summed E-state index contributed by atoms with van der Waals surface area (Å²) in [4.78, 5) is 14.1. The maximum absolute atomic E-state index is 12.0. The van der Waals surface area contributed by atoms with Crippen molar-refractivity contribution in [3.63, 3.8) is 0 Å². The number of nitriles is 1. The highest BCUT2D eigenvalue weighted by molar-refractivity contribution is 5.77. The van der Waals surface area contributed by atoms with Gasteiger partial charge in [0.15, 0.2) is 6.61 Å². The van der Waals surface area contributed by atoms with Gasteiger partial charge in [0.1, 0.15) is 11.8 Å². The summed E-state index contributed by atoms with van der Waals surface area (Å²) < 4.78 is 5.44. The molecule has 0 aliphatic carbocycles. The van der Waals surface area contributed by atoms with E-state index in [-0.39, 0.29) is 18.6 Å². The van der Waals surface area contributed by atoms with E-state index in [2.05, 4.69) is 10.2 Å². The molecule has 1 N–H and O–H groups in total. The summed E-state index contributed by atoms with van der Waals surface area (Å²) in [7, 11) is 3.95. The molecule has 0 aliphatic heterocycles. The fraction of sp³-hybridized carbons (Fsp3) is 0.263. The van der Waals surface area contributed by atoms with Crippen LogP contribution < -0.4 is 10.1 Å². The summed E-state index contributed by atoms with van der Waals surface area (Å²) in [6.07, 6.45) is 0. The largest absolute Gasteiger partial charge is 0.482 e.